The second-order valence-corrected chi connectivity index (χ2v) is 4.84. The molecule has 1 atom stereocenters. The number of piperazine rings is 1. The lowest BCUT2D eigenvalue weighted by atomic mass is 10.00. The van der Waals surface area contributed by atoms with E-state index in [0.29, 0.717) is 0 Å². The van der Waals surface area contributed by atoms with Crippen LogP contribution in [-0.4, -0.2) is 71.4 Å². The molecule has 18 heavy (non-hydrogen) atoms. The van der Waals surface area contributed by atoms with Crippen molar-refractivity contribution >= 4 is 11.9 Å². The number of aliphatic hydroxyl groups is 1. The number of hydrogen-bond acceptors (Lipinski definition) is 5. The Morgan fingerprint density at radius 1 is 1.39 bits per heavy atom. The van der Waals surface area contributed by atoms with Crippen molar-refractivity contribution in [2.75, 3.05) is 32.8 Å². The molecule has 1 rings (SSSR count). The van der Waals surface area contributed by atoms with Gasteiger partial charge in [0.15, 0.2) is 0 Å². The van der Waals surface area contributed by atoms with Gasteiger partial charge in [0.1, 0.15) is 6.04 Å². The van der Waals surface area contributed by atoms with Gasteiger partial charge in [-0.2, -0.15) is 0 Å². The zero-order valence-corrected chi connectivity index (χ0v) is 10.8. The molecule has 7 nitrogen and oxygen atoms in total. The molecular weight excluding hydrogens is 238 g/mol. The number of nitrogens with one attached hydrogen (secondary N) is 2. The fraction of sp³-hybridized carbons (Fsp3) is 0.818. The molecule has 4 N–H and O–H groups in total. The van der Waals surface area contributed by atoms with Crippen molar-refractivity contribution in [3.8, 4) is 0 Å². The molecule has 0 aromatic heterocycles. The second-order valence-electron chi connectivity index (χ2n) is 4.84. The highest BCUT2D eigenvalue weighted by Gasteiger charge is 2.36. The second kappa shape index (κ2) is 6.12. The van der Waals surface area contributed by atoms with Crippen molar-refractivity contribution in [3.05, 3.63) is 0 Å². The van der Waals surface area contributed by atoms with Gasteiger partial charge in [-0.15, -0.1) is 0 Å². The van der Waals surface area contributed by atoms with Crippen molar-refractivity contribution in [3.63, 3.8) is 0 Å². The van der Waals surface area contributed by atoms with Gasteiger partial charge in [0.05, 0.1) is 12.1 Å². The van der Waals surface area contributed by atoms with E-state index in [-0.39, 0.29) is 5.91 Å². The van der Waals surface area contributed by atoms with Gasteiger partial charge in [-0.1, -0.05) is 0 Å². The molecule has 0 bridgehead atoms. The number of carbonyl (C=O) groups excluding carboxylic acids is 1. The predicted octanol–water partition coefficient (Wildman–Crippen LogP) is -1.77. The third-order valence-electron chi connectivity index (χ3n) is 3.25. The molecule has 1 heterocycles. The molecule has 0 spiro atoms. The van der Waals surface area contributed by atoms with Crippen LogP contribution in [0.25, 0.3) is 0 Å². The largest absolute Gasteiger partial charge is 0.480 e. The van der Waals surface area contributed by atoms with Gasteiger partial charge in [-0.25, -0.2) is 4.79 Å². The first-order valence-electron chi connectivity index (χ1n) is 6.00. The molecule has 0 radical (unpaired) electrons. The summed E-state index contributed by atoms with van der Waals surface area (Å²) in [5.74, 6) is -1.62. The number of hydrogen-bond donors (Lipinski definition) is 4. The van der Waals surface area contributed by atoms with Crippen LogP contribution < -0.4 is 10.6 Å². The van der Waals surface area contributed by atoms with Crippen LogP contribution >= 0.6 is 0 Å². The Balaban J connectivity index is 2.65. The molecule has 0 aromatic rings. The van der Waals surface area contributed by atoms with Crippen LogP contribution in [-0.2, 0) is 9.59 Å². The summed E-state index contributed by atoms with van der Waals surface area (Å²) in [7, 11) is 0. The van der Waals surface area contributed by atoms with Crippen LogP contribution in [0.4, 0.5) is 0 Å². The summed E-state index contributed by atoms with van der Waals surface area (Å²) in [6.45, 7) is 5.97. The van der Waals surface area contributed by atoms with Crippen LogP contribution in [0.3, 0.4) is 0 Å². The van der Waals surface area contributed by atoms with Gasteiger partial charge in [-0.05, 0) is 13.8 Å². The van der Waals surface area contributed by atoms with E-state index in [1.54, 1.807) is 13.8 Å². The van der Waals surface area contributed by atoms with Crippen LogP contribution in [0.15, 0.2) is 0 Å². The number of aliphatic hydroxyl groups excluding tert-OH is 1. The topological polar surface area (TPSA) is 102 Å². The molecule has 1 amide bonds. The van der Waals surface area contributed by atoms with Crippen LogP contribution in [0.1, 0.15) is 13.8 Å². The molecule has 0 aromatic carbocycles. The molecule has 1 unspecified atom stereocenters. The highest BCUT2D eigenvalue weighted by atomic mass is 16.4. The number of carboxylic acids is 1. The standard InChI is InChI=1S/C11H21N3O4/c1-11(2,14-5-3-12-4-6-14)10(18)13-8(7-15)9(16)17/h8,12,15H,3-7H2,1-2H3,(H,13,18)(H,16,17). The number of nitrogens with zero attached hydrogens (tertiary/aromatic N) is 1. The number of aliphatic carboxylic acids is 1. The number of carboxylic acid groups (broad SMARTS) is 1. The summed E-state index contributed by atoms with van der Waals surface area (Å²) in [6, 6.07) is -1.25. The Bertz CT molecular complexity index is 313. The minimum Gasteiger partial charge on any atom is -0.480 e. The quantitative estimate of drug-likeness (QED) is 0.466. The third kappa shape index (κ3) is 3.41. The number of rotatable bonds is 5. The Kier molecular flexibility index (Phi) is 5.06. The monoisotopic (exact) mass is 259 g/mol. The normalized spacial score (nSPS) is 19.3. The maximum atomic E-state index is 12.1. The maximum Gasteiger partial charge on any atom is 0.328 e. The number of carbonyl (C=O) groups is 2. The molecule has 104 valence electrons. The summed E-state index contributed by atoms with van der Waals surface area (Å²) in [5.41, 5.74) is -0.787. The van der Waals surface area contributed by atoms with E-state index in [1.807, 2.05) is 4.90 Å². The summed E-state index contributed by atoms with van der Waals surface area (Å²) < 4.78 is 0. The Hall–Kier alpha value is -1.18. The van der Waals surface area contributed by atoms with Crippen molar-refractivity contribution < 1.29 is 19.8 Å². The van der Waals surface area contributed by atoms with Crippen LogP contribution in [0, 0.1) is 0 Å². The van der Waals surface area contributed by atoms with E-state index in [9.17, 15) is 9.59 Å². The maximum absolute atomic E-state index is 12.1. The highest BCUT2D eigenvalue weighted by Crippen LogP contribution is 2.15. The van der Waals surface area contributed by atoms with Crippen molar-refractivity contribution in [1.82, 2.24) is 15.5 Å². The van der Waals surface area contributed by atoms with Crippen molar-refractivity contribution in [2.24, 2.45) is 0 Å². The summed E-state index contributed by atoms with van der Waals surface area (Å²) in [5, 5.41) is 23.2. The van der Waals surface area contributed by atoms with Gasteiger partial charge in [0.2, 0.25) is 5.91 Å². The summed E-state index contributed by atoms with van der Waals surface area (Å²) in [4.78, 5) is 24.9. The minimum absolute atomic E-state index is 0.383. The van der Waals surface area contributed by atoms with Crippen LogP contribution in [0.2, 0.25) is 0 Å². The predicted molar refractivity (Wildman–Crippen MR) is 65.2 cm³/mol. The number of amides is 1. The first-order valence-corrected chi connectivity index (χ1v) is 6.00. The van der Waals surface area contributed by atoms with Crippen molar-refractivity contribution in [2.45, 2.75) is 25.4 Å². The van der Waals surface area contributed by atoms with Crippen molar-refractivity contribution in [1.29, 1.82) is 0 Å². The molecule has 1 fully saturated rings. The Morgan fingerprint density at radius 2 is 1.94 bits per heavy atom. The molecular formula is C11H21N3O4. The third-order valence-corrected chi connectivity index (χ3v) is 3.25. The molecule has 0 aliphatic carbocycles. The molecule has 1 aliphatic heterocycles. The fourth-order valence-corrected chi connectivity index (χ4v) is 1.89. The minimum atomic E-state index is -1.25. The van der Waals surface area contributed by atoms with E-state index in [2.05, 4.69) is 10.6 Å². The SMILES string of the molecule is CC(C)(C(=O)NC(CO)C(=O)O)N1CCNCC1. The van der Waals surface area contributed by atoms with Gasteiger partial charge in [0, 0.05) is 26.2 Å². The zero-order chi connectivity index (χ0) is 13.8. The van der Waals surface area contributed by atoms with E-state index in [0.717, 1.165) is 26.2 Å². The average Bonchev–Trinajstić information content (AvgIpc) is 2.36. The Labute approximate surface area is 106 Å². The van der Waals surface area contributed by atoms with Crippen LogP contribution in [0.5, 0.6) is 0 Å². The van der Waals surface area contributed by atoms with E-state index in [4.69, 9.17) is 10.2 Å². The smallest absolute Gasteiger partial charge is 0.328 e. The van der Waals surface area contributed by atoms with Gasteiger partial charge in [0.25, 0.3) is 0 Å². The molecule has 1 saturated heterocycles. The highest BCUT2D eigenvalue weighted by molar-refractivity contribution is 5.89. The summed E-state index contributed by atoms with van der Waals surface area (Å²) >= 11 is 0. The van der Waals surface area contributed by atoms with Gasteiger partial charge < -0.3 is 20.8 Å². The lowest BCUT2D eigenvalue weighted by Crippen LogP contribution is -2.62. The van der Waals surface area contributed by atoms with E-state index < -0.39 is 24.2 Å². The molecule has 7 heteroatoms. The van der Waals surface area contributed by atoms with E-state index in [1.165, 1.54) is 0 Å². The van der Waals surface area contributed by atoms with Gasteiger partial charge >= 0.3 is 5.97 Å². The zero-order valence-electron chi connectivity index (χ0n) is 10.8. The first kappa shape index (κ1) is 14.9. The Morgan fingerprint density at radius 3 is 2.39 bits per heavy atom. The average molecular weight is 259 g/mol. The van der Waals surface area contributed by atoms with Gasteiger partial charge in [-0.3, -0.25) is 9.69 Å². The first-order chi connectivity index (χ1) is 8.39. The van der Waals surface area contributed by atoms with E-state index >= 15 is 0 Å². The molecule has 1 aliphatic rings. The lowest BCUT2D eigenvalue weighted by Gasteiger charge is -2.40. The molecule has 0 saturated carbocycles. The summed E-state index contributed by atoms with van der Waals surface area (Å²) in [6.07, 6.45) is 0. The fourth-order valence-electron chi connectivity index (χ4n) is 1.89. The lowest BCUT2D eigenvalue weighted by molar-refractivity contribution is -0.145.